The van der Waals surface area contributed by atoms with Crippen LogP contribution in [0.25, 0.3) is 49.3 Å². The van der Waals surface area contributed by atoms with Crippen molar-refractivity contribution in [2.45, 2.75) is 26.7 Å². The minimum absolute atomic E-state index is 0.565. The third-order valence-corrected chi connectivity index (χ3v) is 7.79. The van der Waals surface area contributed by atoms with Crippen LogP contribution in [0.3, 0.4) is 0 Å². The second-order valence-electron chi connectivity index (χ2n) is 9.37. The van der Waals surface area contributed by atoms with E-state index in [-0.39, 0.29) is 0 Å². The van der Waals surface area contributed by atoms with Crippen molar-refractivity contribution in [1.29, 1.82) is 0 Å². The summed E-state index contributed by atoms with van der Waals surface area (Å²) in [6, 6.07) is 10.6. The molecule has 0 aliphatic heterocycles. The second-order valence-corrected chi connectivity index (χ2v) is 10.7. The Balaban J connectivity index is 1.39. The van der Waals surface area contributed by atoms with Gasteiger partial charge in [0.25, 0.3) is 0 Å². The number of allylic oxidation sites excluding steroid dienone is 5. The average molecular weight is 505 g/mol. The topological polar surface area (TPSA) is 82.3 Å². The largest absolute Gasteiger partial charge is 0.359 e. The molecule has 5 aromatic rings. The van der Waals surface area contributed by atoms with Crippen LogP contribution >= 0.6 is 11.3 Å². The number of rotatable bonds is 8. The van der Waals surface area contributed by atoms with Gasteiger partial charge in [-0.25, -0.2) is 4.98 Å². The minimum atomic E-state index is 0.565. The van der Waals surface area contributed by atoms with Crippen LogP contribution in [0.2, 0.25) is 0 Å². The zero-order valence-electron chi connectivity index (χ0n) is 20.9. The summed E-state index contributed by atoms with van der Waals surface area (Å²) in [7, 11) is 0. The Morgan fingerprint density at radius 1 is 1.16 bits per heavy atom. The van der Waals surface area contributed by atoms with Crippen molar-refractivity contribution >= 4 is 38.8 Å². The maximum atomic E-state index is 4.71. The molecular weight excluding hydrogens is 476 g/mol. The summed E-state index contributed by atoms with van der Waals surface area (Å²) < 4.78 is 0. The van der Waals surface area contributed by atoms with E-state index in [9.17, 15) is 0 Å². The number of pyridine rings is 2. The van der Waals surface area contributed by atoms with Gasteiger partial charge in [0.2, 0.25) is 0 Å². The average Bonchev–Trinajstić information content (AvgIpc) is 3.32. The fourth-order valence-electron chi connectivity index (χ4n) is 4.57. The fourth-order valence-corrected chi connectivity index (χ4v) is 5.47. The number of H-pyrrole nitrogens is 2. The van der Waals surface area contributed by atoms with Crippen molar-refractivity contribution in [3.05, 3.63) is 96.1 Å². The van der Waals surface area contributed by atoms with E-state index in [0.29, 0.717) is 5.92 Å². The first-order valence-electron chi connectivity index (χ1n) is 12.4. The molecule has 3 N–H and O–H groups in total. The van der Waals surface area contributed by atoms with E-state index >= 15 is 0 Å². The Morgan fingerprint density at radius 3 is 2.76 bits per heavy atom. The highest BCUT2D eigenvalue weighted by molar-refractivity contribution is 7.15. The Kier molecular flexibility index (Phi) is 5.85. The van der Waals surface area contributed by atoms with Gasteiger partial charge in [-0.15, -0.1) is 11.3 Å². The summed E-state index contributed by atoms with van der Waals surface area (Å²) in [5.74, 6) is 0.565. The molecule has 5 aromatic heterocycles. The lowest BCUT2D eigenvalue weighted by Crippen LogP contribution is -2.11. The number of aromatic amines is 2. The second kappa shape index (κ2) is 9.33. The molecule has 1 aliphatic carbocycles. The van der Waals surface area contributed by atoms with Crippen molar-refractivity contribution in [3.63, 3.8) is 0 Å². The van der Waals surface area contributed by atoms with Gasteiger partial charge in [-0.1, -0.05) is 19.2 Å². The van der Waals surface area contributed by atoms with Crippen LogP contribution in [-0.2, 0) is 0 Å². The van der Waals surface area contributed by atoms with Crippen molar-refractivity contribution in [2.24, 2.45) is 5.92 Å². The van der Waals surface area contributed by atoms with Crippen LogP contribution in [0.15, 0.2) is 85.5 Å². The van der Waals surface area contributed by atoms with E-state index < -0.39 is 0 Å². The van der Waals surface area contributed by atoms with Crippen molar-refractivity contribution < 1.29 is 0 Å². The summed E-state index contributed by atoms with van der Waals surface area (Å²) in [5.41, 5.74) is 8.47. The zero-order chi connectivity index (χ0) is 25.5. The lowest BCUT2D eigenvalue weighted by molar-refractivity contribution is 0.865. The maximum Gasteiger partial charge on any atom is 0.138 e. The highest BCUT2D eigenvalue weighted by atomic mass is 32.1. The van der Waals surface area contributed by atoms with E-state index in [2.05, 4.69) is 88.0 Å². The monoisotopic (exact) mass is 504 g/mol. The molecule has 0 saturated heterocycles. The molecule has 184 valence electrons. The van der Waals surface area contributed by atoms with Crippen LogP contribution in [0, 0.1) is 12.8 Å². The Hall–Kier alpha value is -4.23. The molecule has 0 bridgehead atoms. The summed E-state index contributed by atoms with van der Waals surface area (Å²) >= 11 is 1.79. The first kappa shape index (κ1) is 23.2. The van der Waals surface area contributed by atoms with Crippen LogP contribution < -0.4 is 5.32 Å². The number of aryl methyl sites for hydroxylation is 1. The third-order valence-electron chi connectivity index (χ3n) is 6.75. The number of nitrogens with one attached hydrogen (secondary N) is 3. The molecule has 1 aliphatic rings. The first-order valence-corrected chi connectivity index (χ1v) is 13.2. The lowest BCUT2D eigenvalue weighted by atomic mass is 10.1. The van der Waals surface area contributed by atoms with Gasteiger partial charge in [0, 0.05) is 43.7 Å². The Labute approximate surface area is 219 Å². The summed E-state index contributed by atoms with van der Waals surface area (Å²) in [6.45, 7) is 12.3. The molecule has 0 unspecified atom stereocenters. The van der Waals surface area contributed by atoms with Crippen LogP contribution in [0.1, 0.15) is 30.3 Å². The Morgan fingerprint density at radius 2 is 2.03 bits per heavy atom. The highest BCUT2D eigenvalue weighted by Crippen LogP contribution is 2.37. The molecule has 6 rings (SSSR count). The lowest BCUT2D eigenvalue weighted by Gasteiger charge is -2.11. The normalized spacial score (nSPS) is 14.4. The zero-order valence-corrected chi connectivity index (χ0v) is 21.7. The van der Waals surface area contributed by atoms with Gasteiger partial charge in [-0.05, 0) is 80.7 Å². The molecule has 0 radical (unpaired) electrons. The standard InChI is InChI=1S/C30H28N6S/c1-5-19(13-21(6-2)33-18(4)20-8-9-20)25-15-24-27(16-32-25)35-36-29(24)26-14-23-22(11-12-31-30(23)34-26)28-10-7-17(3)37-28/h5-7,10-16,20,33H,2,4,8-9H2,1,3H3,(H,31,34)(H,35,36)/b19-5+,21-13+. The van der Waals surface area contributed by atoms with Gasteiger partial charge in [0.1, 0.15) is 11.3 Å². The van der Waals surface area contributed by atoms with Gasteiger partial charge in [0.15, 0.2) is 0 Å². The molecule has 0 spiro atoms. The number of hydrogen-bond acceptors (Lipinski definition) is 5. The molecular formula is C30H28N6S. The molecule has 6 nitrogen and oxygen atoms in total. The van der Waals surface area contributed by atoms with E-state index in [4.69, 9.17) is 4.98 Å². The van der Waals surface area contributed by atoms with Gasteiger partial charge in [-0.2, -0.15) is 5.10 Å². The van der Waals surface area contributed by atoms with Gasteiger partial charge >= 0.3 is 0 Å². The maximum absolute atomic E-state index is 4.71. The van der Waals surface area contributed by atoms with Gasteiger partial charge in [-0.3, -0.25) is 10.1 Å². The minimum Gasteiger partial charge on any atom is -0.359 e. The fraction of sp³-hybridized carbons (Fsp3) is 0.167. The van der Waals surface area contributed by atoms with Gasteiger partial charge in [0.05, 0.1) is 23.1 Å². The first-order chi connectivity index (χ1) is 18.0. The molecule has 0 atom stereocenters. The number of thiophene rings is 1. The van der Waals surface area contributed by atoms with E-state index in [1.165, 1.54) is 28.2 Å². The van der Waals surface area contributed by atoms with E-state index in [1.807, 2.05) is 25.4 Å². The molecule has 5 heterocycles. The van der Waals surface area contributed by atoms with Crippen LogP contribution in [0.5, 0.6) is 0 Å². The number of hydrogen-bond donors (Lipinski definition) is 3. The predicted octanol–water partition coefficient (Wildman–Crippen LogP) is 7.52. The molecule has 1 fully saturated rings. The summed E-state index contributed by atoms with van der Waals surface area (Å²) in [4.78, 5) is 15.3. The molecule has 0 amide bonds. The summed E-state index contributed by atoms with van der Waals surface area (Å²) in [5, 5.41) is 13.3. The van der Waals surface area contributed by atoms with Crippen molar-refractivity contribution in [3.8, 4) is 21.8 Å². The van der Waals surface area contributed by atoms with Crippen LogP contribution in [0.4, 0.5) is 0 Å². The number of nitrogens with zero attached hydrogens (tertiary/aromatic N) is 3. The van der Waals surface area contributed by atoms with E-state index in [1.54, 1.807) is 11.3 Å². The predicted molar refractivity (Wildman–Crippen MR) is 154 cm³/mol. The number of aromatic nitrogens is 5. The third kappa shape index (κ3) is 4.42. The highest BCUT2D eigenvalue weighted by Gasteiger charge is 2.24. The summed E-state index contributed by atoms with van der Waals surface area (Å²) in [6.07, 6.45) is 12.0. The van der Waals surface area contributed by atoms with Gasteiger partial charge < -0.3 is 10.3 Å². The van der Waals surface area contributed by atoms with E-state index in [0.717, 1.165) is 56.0 Å². The molecule has 37 heavy (non-hydrogen) atoms. The SMILES string of the molecule is C=C/C(=C\C(=C/C)c1cc2c(-c3cc4c(-c5ccc(C)s5)ccnc4[nH]3)n[nH]c2cn1)NC(=C)C1CC1. The molecule has 0 aromatic carbocycles. The molecule has 7 heteroatoms. The van der Waals surface area contributed by atoms with Crippen molar-refractivity contribution in [2.75, 3.05) is 0 Å². The van der Waals surface area contributed by atoms with Crippen LogP contribution in [-0.4, -0.2) is 25.1 Å². The number of fused-ring (bicyclic) bond motifs is 2. The quantitative estimate of drug-likeness (QED) is 0.191. The molecule has 1 saturated carbocycles. The Bertz CT molecular complexity index is 1720. The van der Waals surface area contributed by atoms with Crippen molar-refractivity contribution in [1.82, 2.24) is 30.5 Å². The smallest absolute Gasteiger partial charge is 0.138 e.